The molecule has 0 radical (unpaired) electrons. The third-order valence-electron chi connectivity index (χ3n) is 3.96. The molecule has 2 fully saturated rings. The predicted molar refractivity (Wildman–Crippen MR) is 68.1 cm³/mol. The Labute approximate surface area is 104 Å². The molecule has 0 bridgehead atoms. The van der Waals surface area contributed by atoms with Gasteiger partial charge in [-0.1, -0.05) is 0 Å². The van der Waals surface area contributed by atoms with Gasteiger partial charge in [0.1, 0.15) is 0 Å². The molecular formula is C13H26N2O2. The summed E-state index contributed by atoms with van der Waals surface area (Å²) in [5, 5.41) is 13.4. The van der Waals surface area contributed by atoms with E-state index in [1.54, 1.807) is 7.11 Å². The van der Waals surface area contributed by atoms with Gasteiger partial charge < -0.3 is 15.2 Å². The first-order valence-electron chi connectivity index (χ1n) is 6.87. The SMILES string of the molecule is COC1CCN(CC(O)CNC2CC2)C(C)C1. The van der Waals surface area contributed by atoms with E-state index >= 15 is 0 Å². The highest BCUT2D eigenvalue weighted by Crippen LogP contribution is 2.20. The molecule has 1 aliphatic heterocycles. The molecule has 0 aromatic rings. The van der Waals surface area contributed by atoms with E-state index in [2.05, 4.69) is 17.1 Å². The van der Waals surface area contributed by atoms with Crippen molar-refractivity contribution in [1.82, 2.24) is 10.2 Å². The van der Waals surface area contributed by atoms with E-state index < -0.39 is 0 Å². The van der Waals surface area contributed by atoms with Crippen molar-refractivity contribution in [3.05, 3.63) is 0 Å². The highest BCUT2D eigenvalue weighted by atomic mass is 16.5. The maximum absolute atomic E-state index is 9.98. The normalized spacial score (nSPS) is 32.6. The molecule has 3 atom stereocenters. The number of aliphatic hydroxyl groups excluding tert-OH is 1. The number of hydrogen-bond acceptors (Lipinski definition) is 4. The molecule has 1 saturated carbocycles. The molecule has 1 saturated heterocycles. The molecule has 4 heteroatoms. The Morgan fingerprint density at radius 2 is 2.18 bits per heavy atom. The maximum atomic E-state index is 9.98. The van der Waals surface area contributed by atoms with E-state index in [0.717, 1.165) is 32.5 Å². The van der Waals surface area contributed by atoms with E-state index in [0.29, 0.717) is 18.2 Å². The van der Waals surface area contributed by atoms with Crippen LogP contribution in [0.1, 0.15) is 32.6 Å². The highest BCUT2D eigenvalue weighted by Gasteiger charge is 2.27. The number of likely N-dealkylation sites (tertiary alicyclic amines) is 1. The van der Waals surface area contributed by atoms with Crippen LogP contribution in [0.15, 0.2) is 0 Å². The fourth-order valence-corrected chi connectivity index (χ4v) is 2.59. The Kier molecular flexibility index (Phi) is 4.79. The Bertz CT molecular complexity index is 233. The van der Waals surface area contributed by atoms with Crippen molar-refractivity contribution in [1.29, 1.82) is 0 Å². The first-order chi connectivity index (χ1) is 8.19. The summed E-state index contributed by atoms with van der Waals surface area (Å²) in [6.45, 7) is 4.80. The van der Waals surface area contributed by atoms with E-state index in [1.807, 2.05) is 0 Å². The van der Waals surface area contributed by atoms with Gasteiger partial charge in [0.2, 0.25) is 0 Å². The average molecular weight is 242 g/mol. The molecule has 17 heavy (non-hydrogen) atoms. The Balaban J connectivity index is 1.66. The lowest BCUT2D eigenvalue weighted by Crippen LogP contribution is -2.48. The summed E-state index contributed by atoms with van der Waals surface area (Å²) in [6.07, 6.45) is 4.90. The van der Waals surface area contributed by atoms with Crippen molar-refractivity contribution >= 4 is 0 Å². The van der Waals surface area contributed by atoms with Crippen molar-refractivity contribution < 1.29 is 9.84 Å². The monoisotopic (exact) mass is 242 g/mol. The zero-order valence-electron chi connectivity index (χ0n) is 11.1. The average Bonchev–Trinajstić information content (AvgIpc) is 3.13. The number of ether oxygens (including phenoxy) is 1. The van der Waals surface area contributed by atoms with Crippen LogP contribution in [0.5, 0.6) is 0 Å². The minimum absolute atomic E-state index is 0.239. The molecule has 0 aromatic carbocycles. The number of nitrogens with one attached hydrogen (secondary N) is 1. The van der Waals surface area contributed by atoms with E-state index in [9.17, 15) is 5.11 Å². The van der Waals surface area contributed by atoms with Crippen LogP contribution in [-0.2, 0) is 4.74 Å². The van der Waals surface area contributed by atoms with Crippen LogP contribution >= 0.6 is 0 Å². The van der Waals surface area contributed by atoms with Crippen LogP contribution in [-0.4, -0.2) is 61.0 Å². The zero-order valence-corrected chi connectivity index (χ0v) is 11.1. The fraction of sp³-hybridized carbons (Fsp3) is 1.00. The second kappa shape index (κ2) is 6.14. The highest BCUT2D eigenvalue weighted by molar-refractivity contribution is 4.84. The number of nitrogens with zero attached hydrogens (tertiary/aromatic N) is 1. The molecule has 1 aliphatic carbocycles. The Hall–Kier alpha value is -0.160. The smallest absolute Gasteiger partial charge is 0.0791 e. The van der Waals surface area contributed by atoms with Crippen molar-refractivity contribution in [2.24, 2.45) is 0 Å². The van der Waals surface area contributed by atoms with Crippen molar-refractivity contribution in [3.63, 3.8) is 0 Å². The van der Waals surface area contributed by atoms with Gasteiger partial charge in [-0.2, -0.15) is 0 Å². The summed E-state index contributed by atoms with van der Waals surface area (Å²) in [7, 11) is 1.79. The largest absolute Gasteiger partial charge is 0.390 e. The molecule has 2 N–H and O–H groups in total. The van der Waals surface area contributed by atoms with Gasteiger partial charge in [-0.15, -0.1) is 0 Å². The van der Waals surface area contributed by atoms with Crippen LogP contribution in [0.4, 0.5) is 0 Å². The van der Waals surface area contributed by atoms with Gasteiger partial charge in [-0.25, -0.2) is 0 Å². The number of piperidine rings is 1. The lowest BCUT2D eigenvalue weighted by molar-refractivity contribution is -0.00127. The first-order valence-corrected chi connectivity index (χ1v) is 6.87. The quantitative estimate of drug-likeness (QED) is 0.716. The van der Waals surface area contributed by atoms with Gasteiger partial charge in [0.05, 0.1) is 12.2 Å². The lowest BCUT2D eigenvalue weighted by Gasteiger charge is -2.38. The van der Waals surface area contributed by atoms with Crippen molar-refractivity contribution in [3.8, 4) is 0 Å². The van der Waals surface area contributed by atoms with Gasteiger partial charge >= 0.3 is 0 Å². The first kappa shape index (κ1) is 13.3. The molecule has 2 rings (SSSR count). The molecule has 0 spiro atoms. The summed E-state index contributed by atoms with van der Waals surface area (Å²) < 4.78 is 5.40. The Morgan fingerprint density at radius 1 is 1.41 bits per heavy atom. The predicted octanol–water partition coefficient (Wildman–Crippen LogP) is 0.599. The summed E-state index contributed by atoms with van der Waals surface area (Å²) in [6, 6.07) is 1.20. The second-order valence-corrected chi connectivity index (χ2v) is 5.56. The van der Waals surface area contributed by atoms with Crippen LogP contribution in [0.2, 0.25) is 0 Å². The minimum atomic E-state index is -0.239. The lowest BCUT2D eigenvalue weighted by atomic mass is 10.00. The van der Waals surface area contributed by atoms with E-state index in [4.69, 9.17) is 4.74 Å². The molecule has 0 amide bonds. The number of β-amino-alcohol motifs (C(OH)–C–C–N with tert-alkyl or cyclic N) is 1. The van der Waals surface area contributed by atoms with E-state index in [-0.39, 0.29) is 6.10 Å². The minimum Gasteiger partial charge on any atom is -0.390 e. The van der Waals surface area contributed by atoms with Gasteiger partial charge in [0.25, 0.3) is 0 Å². The molecule has 2 aliphatic rings. The van der Waals surface area contributed by atoms with Crippen LogP contribution in [0.25, 0.3) is 0 Å². The molecular weight excluding hydrogens is 216 g/mol. The number of methoxy groups -OCH3 is 1. The van der Waals surface area contributed by atoms with E-state index in [1.165, 1.54) is 12.8 Å². The second-order valence-electron chi connectivity index (χ2n) is 5.56. The molecule has 3 unspecified atom stereocenters. The summed E-state index contributed by atoms with van der Waals surface area (Å²) in [5.41, 5.74) is 0. The fourth-order valence-electron chi connectivity index (χ4n) is 2.59. The summed E-state index contributed by atoms with van der Waals surface area (Å²) in [5.74, 6) is 0. The van der Waals surface area contributed by atoms with Gasteiger partial charge in [0, 0.05) is 38.8 Å². The number of rotatable bonds is 6. The van der Waals surface area contributed by atoms with Gasteiger partial charge in [-0.3, -0.25) is 4.90 Å². The number of aliphatic hydroxyl groups is 1. The number of hydrogen-bond donors (Lipinski definition) is 2. The van der Waals surface area contributed by atoms with Gasteiger partial charge in [0.15, 0.2) is 0 Å². The van der Waals surface area contributed by atoms with Gasteiger partial charge in [-0.05, 0) is 32.6 Å². The molecule has 0 aromatic heterocycles. The molecule has 100 valence electrons. The van der Waals surface area contributed by atoms with Crippen molar-refractivity contribution in [2.75, 3.05) is 26.7 Å². The third kappa shape index (κ3) is 4.21. The third-order valence-corrected chi connectivity index (χ3v) is 3.96. The summed E-state index contributed by atoms with van der Waals surface area (Å²) in [4.78, 5) is 2.38. The zero-order chi connectivity index (χ0) is 12.3. The van der Waals surface area contributed by atoms with Crippen molar-refractivity contribution in [2.45, 2.75) is 56.9 Å². The Morgan fingerprint density at radius 3 is 2.76 bits per heavy atom. The van der Waals surface area contributed by atoms with Crippen LogP contribution in [0.3, 0.4) is 0 Å². The topological polar surface area (TPSA) is 44.7 Å². The standard InChI is InChI=1S/C13H26N2O2/c1-10-7-13(17-2)5-6-15(10)9-12(16)8-14-11-3-4-11/h10-14,16H,3-9H2,1-2H3. The summed E-state index contributed by atoms with van der Waals surface area (Å²) >= 11 is 0. The van der Waals surface area contributed by atoms with Crippen LogP contribution in [0, 0.1) is 0 Å². The van der Waals surface area contributed by atoms with Crippen LogP contribution < -0.4 is 5.32 Å². The molecule has 4 nitrogen and oxygen atoms in total. The molecule has 1 heterocycles. The maximum Gasteiger partial charge on any atom is 0.0791 e.